The van der Waals surface area contributed by atoms with E-state index in [4.69, 9.17) is 10.5 Å². The van der Waals surface area contributed by atoms with Gasteiger partial charge in [0.2, 0.25) is 0 Å². The first-order valence-corrected chi connectivity index (χ1v) is 7.66. The lowest BCUT2D eigenvalue weighted by Crippen LogP contribution is -2.33. The van der Waals surface area contributed by atoms with Gasteiger partial charge in [-0.25, -0.2) is 0 Å². The summed E-state index contributed by atoms with van der Waals surface area (Å²) >= 11 is 0. The summed E-state index contributed by atoms with van der Waals surface area (Å²) in [5.41, 5.74) is 8.38. The fraction of sp³-hybridized carbons (Fsp3) is 0.800. The topological polar surface area (TPSA) is 56.3 Å². The Bertz CT molecular complexity index is 414. The van der Waals surface area contributed by atoms with Crippen LogP contribution in [0.1, 0.15) is 37.1 Å². The van der Waals surface area contributed by atoms with Crippen LogP contribution < -0.4 is 5.73 Å². The van der Waals surface area contributed by atoms with Crippen LogP contribution in [0.2, 0.25) is 0 Å². The average Bonchev–Trinajstić information content (AvgIpc) is 3.18. The van der Waals surface area contributed by atoms with Gasteiger partial charge in [-0.2, -0.15) is 5.10 Å². The van der Waals surface area contributed by atoms with Gasteiger partial charge in [0.05, 0.1) is 18.3 Å². The Morgan fingerprint density at radius 3 is 2.90 bits per heavy atom. The zero-order valence-electron chi connectivity index (χ0n) is 13.0. The Labute approximate surface area is 122 Å². The molecular formula is C15H28N4O. The highest BCUT2D eigenvalue weighted by Crippen LogP contribution is 2.28. The maximum Gasteiger partial charge on any atom is 0.0670 e. The van der Waals surface area contributed by atoms with Crippen LogP contribution in [0.25, 0.3) is 0 Å². The summed E-state index contributed by atoms with van der Waals surface area (Å²) in [5.74, 6) is 0.829. The molecule has 2 rings (SSSR count). The second kappa shape index (κ2) is 7.20. The SMILES string of the molecule is CCc1nn(C)cc1C(CN)N(C)CCOCC1CC1. The second-order valence-corrected chi connectivity index (χ2v) is 5.81. The van der Waals surface area contributed by atoms with Crippen molar-refractivity contribution >= 4 is 0 Å². The Morgan fingerprint density at radius 1 is 1.55 bits per heavy atom. The molecule has 0 aliphatic heterocycles. The second-order valence-electron chi connectivity index (χ2n) is 5.81. The zero-order valence-corrected chi connectivity index (χ0v) is 13.0. The first kappa shape index (κ1) is 15.5. The van der Waals surface area contributed by atoms with Gasteiger partial charge in [0.25, 0.3) is 0 Å². The molecule has 0 saturated heterocycles. The molecule has 0 radical (unpaired) electrons. The first-order chi connectivity index (χ1) is 9.65. The van der Waals surface area contributed by atoms with Crippen LogP contribution >= 0.6 is 0 Å². The molecule has 1 heterocycles. The van der Waals surface area contributed by atoms with Crippen LogP contribution in [0.5, 0.6) is 0 Å². The molecule has 1 aromatic rings. The molecule has 1 aliphatic carbocycles. The molecule has 0 aromatic carbocycles. The Kier molecular flexibility index (Phi) is 5.57. The Morgan fingerprint density at radius 2 is 2.30 bits per heavy atom. The minimum Gasteiger partial charge on any atom is -0.380 e. The fourth-order valence-corrected chi connectivity index (χ4v) is 2.55. The van der Waals surface area contributed by atoms with Gasteiger partial charge >= 0.3 is 0 Å². The predicted octanol–water partition coefficient (Wildman–Crippen LogP) is 1.34. The lowest BCUT2D eigenvalue weighted by Gasteiger charge is -2.26. The highest BCUT2D eigenvalue weighted by atomic mass is 16.5. The van der Waals surface area contributed by atoms with Gasteiger partial charge in [-0.3, -0.25) is 9.58 Å². The number of hydrogen-bond acceptors (Lipinski definition) is 4. The number of aromatic nitrogens is 2. The smallest absolute Gasteiger partial charge is 0.0670 e. The Balaban J connectivity index is 1.87. The van der Waals surface area contributed by atoms with E-state index in [0.29, 0.717) is 6.54 Å². The molecule has 0 amide bonds. The number of nitrogens with zero attached hydrogens (tertiary/aromatic N) is 3. The number of ether oxygens (including phenoxy) is 1. The third-order valence-corrected chi connectivity index (χ3v) is 4.03. The number of nitrogens with two attached hydrogens (primary N) is 1. The maximum absolute atomic E-state index is 5.98. The van der Waals surface area contributed by atoms with Crippen molar-refractivity contribution in [3.8, 4) is 0 Å². The van der Waals surface area contributed by atoms with E-state index in [2.05, 4.69) is 30.2 Å². The van der Waals surface area contributed by atoms with E-state index < -0.39 is 0 Å². The van der Waals surface area contributed by atoms with Gasteiger partial charge in [-0.15, -0.1) is 0 Å². The third-order valence-electron chi connectivity index (χ3n) is 4.03. The molecule has 1 fully saturated rings. The van der Waals surface area contributed by atoms with E-state index in [1.807, 2.05) is 11.7 Å². The lowest BCUT2D eigenvalue weighted by atomic mass is 10.1. The average molecular weight is 280 g/mol. The molecule has 1 aromatic heterocycles. The molecule has 0 spiro atoms. The Hall–Kier alpha value is -0.910. The van der Waals surface area contributed by atoms with Crippen LogP contribution in [0.4, 0.5) is 0 Å². The van der Waals surface area contributed by atoms with Crippen LogP contribution in [0.3, 0.4) is 0 Å². The largest absolute Gasteiger partial charge is 0.380 e. The zero-order chi connectivity index (χ0) is 14.5. The highest BCUT2D eigenvalue weighted by molar-refractivity contribution is 5.22. The summed E-state index contributed by atoms with van der Waals surface area (Å²) in [6.45, 7) is 5.36. The van der Waals surface area contributed by atoms with Gasteiger partial charge < -0.3 is 10.5 Å². The van der Waals surface area contributed by atoms with Crippen LogP contribution in [0, 0.1) is 5.92 Å². The molecule has 1 unspecified atom stereocenters. The van der Waals surface area contributed by atoms with Crippen molar-refractivity contribution in [1.29, 1.82) is 0 Å². The molecule has 1 aliphatic rings. The molecular weight excluding hydrogens is 252 g/mol. The van der Waals surface area contributed by atoms with Gasteiger partial charge in [0, 0.05) is 38.5 Å². The monoisotopic (exact) mass is 280 g/mol. The van der Waals surface area contributed by atoms with Crippen LogP contribution in [-0.4, -0.2) is 48.0 Å². The van der Waals surface area contributed by atoms with Crippen molar-refractivity contribution < 1.29 is 4.74 Å². The quantitative estimate of drug-likeness (QED) is 0.694. The lowest BCUT2D eigenvalue weighted by molar-refractivity contribution is 0.0921. The van der Waals surface area contributed by atoms with Gasteiger partial charge in [-0.1, -0.05) is 6.92 Å². The molecule has 0 bridgehead atoms. The van der Waals surface area contributed by atoms with E-state index in [0.717, 1.165) is 37.8 Å². The minimum atomic E-state index is 0.225. The normalized spacial score (nSPS) is 16.9. The van der Waals surface area contributed by atoms with Crippen molar-refractivity contribution in [3.05, 3.63) is 17.5 Å². The van der Waals surface area contributed by atoms with Crippen molar-refractivity contribution in [2.24, 2.45) is 18.7 Å². The summed E-state index contributed by atoms with van der Waals surface area (Å²) in [4.78, 5) is 2.28. The number of hydrogen-bond donors (Lipinski definition) is 1. The number of likely N-dealkylation sites (N-methyl/N-ethyl adjacent to an activating group) is 1. The molecule has 5 heteroatoms. The highest BCUT2D eigenvalue weighted by Gasteiger charge is 2.22. The van der Waals surface area contributed by atoms with Crippen LogP contribution in [-0.2, 0) is 18.2 Å². The van der Waals surface area contributed by atoms with Gasteiger partial charge in [0.1, 0.15) is 0 Å². The molecule has 5 nitrogen and oxygen atoms in total. The molecule has 1 saturated carbocycles. The van der Waals surface area contributed by atoms with E-state index in [9.17, 15) is 0 Å². The van der Waals surface area contributed by atoms with E-state index in [-0.39, 0.29) is 6.04 Å². The van der Waals surface area contributed by atoms with Crippen molar-refractivity contribution in [2.75, 3.05) is 33.4 Å². The minimum absolute atomic E-state index is 0.225. The molecule has 20 heavy (non-hydrogen) atoms. The van der Waals surface area contributed by atoms with Gasteiger partial charge in [0.15, 0.2) is 0 Å². The van der Waals surface area contributed by atoms with Crippen molar-refractivity contribution in [2.45, 2.75) is 32.2 Å². The van der Waals surface area contributed by atoms with E-state index in [1.165, 1.54) is 18.4 Å². The standard InChI is InChI=1S/C15H28N4O/c1-4-14-13(10-19(3)17-14)15(9-16)18(2)7-8-20-11-12-5-6-12/h10,12,15H,4-9,11,16H2,1-3H3. The fourth-order valence-electron chi connectivity index (χ4n) is 2.55. The molecule has 114 valence electrons. The van der Waals surface area contributed by atoms with Crippen LogP contribution in [0.15, 0.2) is 6.20 Å². The van der Waals surface area contributed by atoms with Crippen molar-refractivity contribution in [3.63, 3.8) is 0 Å². The van der Waals surface area contributed by atoms with Crippen molar-refractivity contribution in [1.82, 2.24) is 14.7 Å². The van der Waals surface area contributed by atoms with E-state index in [1.54, 1.807) is 0 Å². The van der Waals surface area contributed by atoms with E-state index >= 15 is 0 Å². The first-order valence-electron chi connectivity index (χ1n) is 7.66. The van der Waals surface area contributed by atoms with Gasteiger partial charge in [-0.05, 0) is 32.2 Å². The number of aryl methyl sites for hydroxylation is 2. The summed E-state index contributed by atoms with van der Waals surface area (Å²) < 4.78 is 7.60. The summed E-state index contributed by atoms with van der Waals surface area (Å²) in [6.07, 6.45) is 5.73. The summed E-state index contributed by atoms with van der Waals surface area (Å²) in [7, 11) is 4.08. The molecule has 2 N–H and O–H groups in total. The summed E-state index contributed by atoms with van der Waals surface area (Å²) in [6, 6.07) is 0.225. The number of rotatable bonds is 9. The molecule has 1 atom stereocenters. The third kappa shape index (κ3) is 4.04. The maximum atomic E-state index is 5.98. The predicted molar refractivity (Wildman–Crippen MR) is 80.6 cm³/mol. The summed E-state index contributed by atoms with van der Waals surface area (Å²) in [5, 5.41) is 4.51.